The fraction of sp³-hybridized carbons (Fsp3) is 0.500. The van der Waals surface area contributed by atoms with Gasteiger partial charge in [0, 0.05) is 11.1 Å². The van der Waals surface area contributed by atoms with Gasteiger partial charge in [-0.05, 0) is 13.8 Å². The van der Waals surface area contributed by atoms with Crippen molar-refractivity contribution in [2.24, 2.45) is 0 Å². The van der Waals surface area contributed by atoms with Gasteiger partial charge in [0.05, 0.1) is 0 Å². The van der Waals surface area contributed by atoms with E-state index in [1.165, 1.54) is 13.8 Å². The molecule has 0 fully saturated rings. The molecular weight excluding hydrogens is 199 g/mol. The minimum atomic E-state index is -4.55. The summed E-state index contributed by atoms with van der Waals surface area (Å²) < 4.78 is 35.8. The molecule has 0 unspecified atom stereocenters. The lowest BCUT2D eigenvalue weighted by Crippen LogP contribution is -2.39. The SMILES string of the molecule is CC1=C(C)C(=O)N(CC(F)(F)F)C1=O. The molecule has 0 atom stereocenters. The number of carbonyl (C=O) groups is 2. The fourth-order valence-electron chi connectivity index (χ4n) is 1.14. The van der Waals surface area contributed by atoms with Crippen molar-refractivity contribution in [3.05, 3.63) is 11.1 Å². The van der Waals surface area contributed by atoms with Gasteiger partial charge in [-0.25, -0.2) is 0 Å². The number of nitrogens with zero attached hydrogens (tertiary/aromatic N) is 1. The van der Waals surface area contributed by atoms with Gasteiger partial charge in [0.1, 0.15) is 6.54 Å². The smallest absolute Gasteiger partial charge is 0.269 e. The number of imide groups is 1. The zero-order chi connectivity index (χ0) is 11.1. The molecule has 0 aromatic rings. The van der Waals surface area contributed by atoms with Crippen LogP contribution in [0.5, 0.6) is 0 Å². The van der Waals surface area contributed by atoms with Crippen LogP contribution in [0.1, 0.15) is 13.8 Å². The van der Waals surface area contributed by atoms with Gasteiger partial charge in [0.2, 0.25) is 0 Å². The number of amides is 2. The molecule has 3 nitrogen and oxygen atoms in total. The van der Waals surface area contributed by atoms with Crippen LogP contribution in [0.25, 0.3) is 0 Å². The van der Waals surface area contributed by atoms with Gasteiger partial charge in [-0.15, -0.1) is 0 Å². The maximum Gasteiger partial charge on any atom is 0.406 e. The summed E-state index contributed by atoms with van der Waals surface area (Å²) in [4.78, 5) is 22.5. The lowest BCUT2D eigenvalue weighted by atomic mass is 10.2. The van der Waals surface area contributed by atoms with Crippen LogP contribution in [-0.4, -0.2) is 29.4 Å². The average Bonchev–Trinajstić information content (AvgIpc) is 2.20. The molecule has 1 aliphatic rings. The molecule has 2 amide bonds. The second-order valence-corrected chi connectivity index (χ2v) is 3.06. The maximum absolute atomic E-state index is 11.9. The summed E-state index contributed by atoms with van der Waals surface area (Å²) in [6, 6.07) is 0. The van der Waals surface area contributed by atoms with Gasteiger partial charge in [-0.2, -0.15) is 13.2 Å². The average molecular weight is 207 g/mol. The molecule has 0 aromatic carbocycles. The van der Waals surface area contributed by atoms with E-state index in [9.17, 15) is 22.8 Å². The molecule has 0 saturated heterocycles. The summed E-state index contributed by atoms with van der Waals surface area (Å²) >= 11 is 0. The van der Waals surface area contributed by atoms with Crippen molar-refractivity contribution < 1.29 is 22.8 Å². The van der Waals surface area contributed by atoms with E-state index in [-0.39, 0.29) is 16.0 Å². The minimum Gasteiger partial charge on any atom is -0.269 e. The summed E-state index contributed by atoms with van der Waals surface area (Å²) in [5.74, 6) is -1.71. The fourth-order valence-corrected chi connectivity index (χ4v) is 1.14. The first-order valence-corrected chi connectivity index (χ1v) is 3.84. The molecule has 0 spiro atoms. The lowest BCUT2D eigenvalue weighted by molar-refractivity contribution is -0.164. The number of hydrogen-bond acceptors (Lipinski definition) is 2. The molecule has 78 valence electrons. The predicted octanol–water partition coefficient (Wildman–Crippen LogP) is 1.25. The van der Waals surface area contributed by atoms with Crippen LogP contribution in [0.2, 0.25) is 0 Å². The van der Waals surface area contributed by atoms with Crippen molar-refractivity contribution in [3.63, 3.8) is 0 Å². The van der Waals surface area contributed by atoms with Gasteiger partial charge < -0.3 is 0 Å². The lowest BCUT2D eigenvalue weighted by Gasteiger charge is -2.16. The molecule has 1 aliphatic heterocycles. The van der Waals surface area contributed by atoms with E-state index in [2.05, 4.69) is 0 Å². The van der Waals surface area contributed by atoms with Gasteiger partial charge >= 0.3 is 6.18 Å². The maximum atomic E-state index is 11.9. The Bertz CT molecular complexity index is 306. The Morgan fingerprint density at radius 2 is 1.43 bits per heavy atom. The predicted molar refractivity (Wildman–Crippen MR) is 41.1 cm³/mol. The van der Waals surface area contributed by atoms with Crippen molar-refractivity contribution in [2.45, 2.75) is 20.0 Å². The van der Waals surface area contributed by atoms with E-state index in [1.807, 2.05) is 0 Å². The molecule has 0 aliphatic carbocycles. The van der Waals surface area contributed by atoms with Crippen LogP contribution >= 0.6 is 0 Å². The Labute approximate surface area is 78.2 Å². The van der Waals surface area contributed by atoms with E-state index in [4.69, 9.17) is 0 Å². The Hall–Kier alpha value is -1.33. The first-order chi connectivity index (χ1) is 6.24. The highest BCUT2D eigenvalue weighted by atomic mass is 19.4. The molecular formula is C8H8F3NO2. The Morgan fingerprint density at radius 1 is 1.07 bits per heavy atom. The summed E-state index contributed by atoms with van der Waals surface area (Å²) in [5.41, 5.74) is 0.165. The Morgan fingerprint density at radius 3 is 1.71 bits per heavy atom. The molecule has 0 radical (unpaired) electrons. The Balaban J connectivity index is 2.88. The van der Waals surface area contributed by atoms with Crippen molar-refractivity contribution in [2.75, 3.05) is 6.54 Å². The summed E-state index contributed by atoms with van der Waals surface area (Å²) in [6.45, 7) is 1.16. The monoisotopic (exact) mass is 207 g/mol. The molecule has 14 heavy (non-hydrogen) atoms. The standard InChI is InChI=1S/C8H8F3NO2/c1-4-5(2)7(14)12(6(4)13)3-8(9,10)11/h3H2,1-2H3. The first kappa shape index (κ1) is 10.7. The number of alkyl halides is 3. The van der Waals surface area contributed by atoms with E-state index >= 15 is 0 Å². The van der Waals surface area contributed by atoms with E-state index in [1.54, 1.807) is 0 Å². The van der Waals surface area contributed by atoms with Gasteiger partial charge in [-0.3, -0.25) is 14.5 Å². The molecule has 1 heterocycles. The molecule has 0 bridgehead atoms. The van der Waals surface area contributed by atoms with Crippen LogP contribution < -0.4 is 0 Å². The highest BCUT2D eigenvalue weighted by molar-refractivity contribution is 6.18. The summed E-state index contributed by atoms with van der Waals surface area (Å²) in [6.07, 6.45) is -4.55. The van der Waals surface area contributed by atoms with E-state index < -0.39 is 24.5 Å². The van der Waals surface area contributed by atoms with Crippen LogP contribution in [0, 0.1) is 0 Å². The van der Waals surface area contributed by atoms with Crippen molar-refractivity contribution in [1.82, 2.24) is 4.90 Å². The van der Waals surface area contributed by atoms with Crippen molar-refractivity contribution >= 4 is 11.8 Å². The van der Waals surface area contributed by atoms with Crippen LogP contribution in [0.15, 0.2) is 11.1 Å². The molecule has 1 rings (SSSR count). The second kappa shape index (κ2) is 3.11. The van der Waals surface area contributed by atoms with Gasteiger partial charge in [-0.1, -0.05) is 0 Å². The van der Waals surface area contributed by atoms with Crippen molar-refractivity contribution in [1.29, 1.82) is 0 Å². The normalized spacial score (nSPS) is 18.5. The van der Waals surface area contributed by atoms with Crippen LogP contribution in [-0.2, 0) is 9.59 Å². The number of hydrogen-bond donors (Lipinski definition) is 0. The number of rotatable bonds is 1. The van der Waals surface area contributed by atoms with E-state index in [0.717, 1.165) is 0 Å². The molecule has 0 saturated carbocycles. The zero-order valence-corrected chi connectivity index (χ0v) is 7.60. The number of carbonyl (C=O) groups excluding carboxylic acids is 2. The molecule has 6 heteroatoms. The third-order valence-corrected chi connectivity index (χ3v) is 2.03. The van der Waals surface area contributed by atoms with Crippen molar-refractivity contribution in [3.8, 4) is 0 Å². The number of halogens is 3. The highest BCUT2D eigenvalue weighted by Crippen LogP contribution is 2.24. The molecule has 0 N–H and O–H groups in total. The zero-order valence-electron chi connectivity index (χ0n) is 7.60. The third kappa shape index (κ3) is 1.78. The highest BCUT2D eigenvalue weighted by Gasteiger charge is 2.41. The quantitative estimate of drug-likeness (QED) is 0.607. The molecule has 0 aromatic heterocycles. The summed E-state index contributed by atoms with van der Waals surface area (Å²) in [7, 11) is 0. The topological polar surface area (TPSA) is 37.4 Å². The second-order valence-electron chi connectivity index (χ2n) is 3.06. The minimum absolute atomic E-state index is 0.0826. The van der Waals surface area contributed by atoms with Gasteiger partial charge in [0.25, 0.3) is 11.8 Å². The largest absolute Gasteiger partial charge is 0.406 e. The summed E-state index contributed by atoms with van der Waals surface area (Å²) in [5, 5.41) is 0. The third-order valence-electron chi connectivity index (χ3n) is 2.03. The van der Waals surface area contributed by atoms with E-state index in [0.29, 0.717) is 0 Å². The van der Waals surface area contributed by atoms with Gasteiger partial charge in [0.15, 0.2) is 0 Å². The van der Waals surface area contributed by atoms with Crippen LogP contribution in [0.4, 0.5) is 13.2 Å². The van der Waals surface area contributed by atoms with Crippen LogP contribution in [0.3, 0.4) is 0 Å². The first-order valence-electron chi connectivity index (χ1n) is 3.84. The Kier molecular flexibility index (Phi) is 2.39.